The molecule has 3 heteroatoms. The van der Waals surface area contributed by atoms with Crippen molar-refractivity contribution in [3.63, 3.8) is 0 Å². The summed E-state index contributed by atoms with van der Waals surface area (Å²) in [5.41, 5.74) is 3.41. The highest BCUT2D eigenvalue weighted by Gasteiger charge is 2.56. The van der Waals surface area contributed by atoms with Gasteiger partial charge in [0.05, 0.1) is 11.5 Å². The second-order valence-electron chi connectivity index (χ2n) is 10.1. The van der Waals surface area contributed by atoms with Gasteiger partial charge in [0.15, 0.2) is 0 Å². The lowest BCUT2D eigenvalue weighted by Crippen LogP contribution is -2.56. The van der Waals surface area contributed by atoms with E-state index in [0.29, 0.717) is 5.91 Å². The Labute approximate surface area is 172 Å². The van der Waals surface area contributed by atoms with Gasteiger partial charge in [0.2, 0.25) is 5.91 Å². The highest BCUT2D eigenvalue weighted by molar-refractivity contribution is 5.84. The molecule has 4 saturated carbocycles. The zero-order valence-electron chi connectivity index (χ0n) is 16.8. The molecule has 1 heterocycles. The van der Waals surface area contributed by atoms with Crippen molar-refractivity contribution in [1.82, 2.24) is 4.90 Å². The van der Waals surface area contributed by atoms with E-state index in [2.05, 4.69) is 29.2 Å². The highest BCUT2D eigenvalue weighted by Crippen LogP contribution is 2.61. The van der Waals surface area contributed by atoms with E-state index in [1.165, 1.54) is 42.5 Å². The molecule has 2 aromatic carbocycles. The Hall–Kier alpha value is -2.16. The first kappa shape index (κ1) is 17.7. The summed E-state index contributed by atoms with van der Waals surface area (Å²) in [5, 5.41) is 0. The zero-order chi connectivity index (χ0) is 19.6. The number of carbonyl (C=O) groups excluding carboxylic acids is 1. The number of hydrogen-bond donors (Lipinski definition) is 0. The molecule has 1 aliphatic heterocycles. The minimum Gasteiger partial charge on any atom is -0.331 e. The van der Waals surface area contributed by atoms with Gasteiger partial charge in [-0.2, -0.15) is 0 Å². The minimum atomic E-state index is -0.225. The topological polar surface area (TPSA) is 20.3 Å². The molecule has 1 amide bonds. The number of carbonyl (C=O) groups is 1. The van der Waals surface area contributed by atoms with E-state index >= 15 is 0 Å². The lowest BCUT2D eigenvalue weighted by Gasteiger charge is -2.57. The molecule has 2 nitrogen and oxygen atoms in total. The lowest BCUT2D eigenvalue weighted by molar-refractivity contribution is -0.159. The van der Waals surface area contributed by atoms with Crippen LogP contribution in [0.2, 0.25) is 0 Å². The molecule has 29 heavy (non-hydrogen) atoms. The Morgan fingerprint density at radius 1 is 0.897 bits per heavy atom. The van der Waals surface area contributed by atoms with E-state index in [0.717, 1.165) is 55.5 Å². The maximum absolute atomic E-state index is 14.2. The fourth-order valence-electron chi connectivity index (χ4n) is 7.47. The standard InChI is InChI=1S/C26H28FNO/c27-22-7-5-21(6-8-22)24-23-4-2-1-3-20(23)9-10-28(24)25(29)26-14-17-11-18(15-26)13-19(12-17)16-26/h1-8,17-19,24H,9-16H2/t17?,18?,19?,24-,26?/m0/s1. The van der Waals surface area contributed by atoms with Crippen molar-refractivity contribution in [2.24, 2.45) is 23.2 Å². The third kappa shape index (κ3) is 2.77. The minimum absolute atomic E-state index is 0.0962. The smallest absolute Gasteiger partial charge is 0.229 e. The van der Waals surface area contributed by atoms with E-state index in [1.54, 1.807) is 0 Å². The van der Waals surface area contributed by atoms with Gasteiger partial charge in [-0.1, -0.05) is 36.4 Å². The van der Waals surface area contributed by atoms with Crippen LogP contribution < -0.4 is 0 Å². The van der Waals surface area contributed by atoms with Gasteiger partial charge in [0.25, 0.3) is 0 Å². The summed E-state index contributed by atoms with van der Waals surface area (Å²) in [7, 11) is 0. The monoisotopic (exact) mass is 389 g/mol. The molecule has 0 aromatic heterocycles. The second-order valence-corrected chi connectivity index (χ2v) is 10.1. The first-order chi connectivity index (χ1) is 14.1. The molecule has 150 valence electrons. The molecule has 7 rings (SSSR count). The van der Waals surface area contributed by atoms with Gasteiger partial charge in [-0.3, -0.25) is 4.79 Å². The molecule has 1 atom stereocenters. The van der Waals surface area contributed by atoms with Crippen LogP contribution in [0.5, 0.6) is 0 Å². The Morgan fingerprint density at radius 3 is 2.17 bits per heavy atom. The second kappa shape index (κ2) is 6.42. The Morgan fingerprint density at radius 2 is 1.52 bits per heavy atom. The molecule has 0 N–H and O–H groups in total. The van der Waals surface area contributed by atoms with Crippen LogP contribution in [-0.2, 0) is 11.2 Å². The number of nitrogens with zero attached hydrogens (tertiary/aromatic N) is 1. The fourth-order valence-corrected chi connectivity index (χ4v) is 7.47. The van der Waals surface area contributed by atoms with E-state index in [-0.39, 0.29) is 17.3 Å². The predicted molar refractivity (Wildman–Crippen MR) is 111 cm³/mol. The van der Waals surface area contributed by atoms with Gasteiger partial charge < -0.3 is 4.90 Å². The molecule has 5 aliphatic rings. The average molecular weight is 390 g/mol. The molecular formula is C26H28FNO. The van der Waals surface area contributed by atoms with Crippen LogP contribution in [-0.4, -0.2) is 17.4 Å². The van der Waals surface area contributed by atoms with Crippen molar-refractivity contribution in [2.75, 3.05) is 6.54 Å². The zero-order valence-corrected chi connectivity index (χ0v) is 16.8. The Balaban J connectivity index is 1.41. The quantitative estimate of drug-likeness (QED) is 0.663. The molecular weight excluding hydrogens is 361 g/mol. The Kier molecular flexibility index (Phi) is 3.91. The molecule has 0 unspecified atom stereocenters. The molecule has 0 spiro atoms. The molecule has 0 saturated heterocycles. The summed E-state index contributed by atoms with van der Waals surface area (Å²) >= 11 is 0. The first-order valence-electron chi connectivity index (χ1n) is 11.3. The summed E-state index contributed by atoms with van der Waals surface area (Å²) in [4.78, 5) is 16.3. The van der Waals surface area contributed by atoms with Crippen molar-refractivity contribution in [1.29, 1.82) is 0 Å². The summed E-state index contributed by atoms with van der Waals surface area (Å²) in [5.74, 6) is 2.42. The number of fused-ring (bicyclic) bond motifs is 1. The largest absolute Gasteiger partial charge is 0.331 e. The maximum Gasteiger partial charge on any atom is 0.229 e. The van der Waals surface area contributed by atoms with Gasteiger partial charge in [-0.25, -0.2) is 4.39 Å². The van der Waals surface area contributed by atoms with E-state index in [1.807, 2.05) is 12.1 Å². The number of amides is 1. The molecule has 4 bridgehead atoms. The third-order valence-electron chi connectivity index (χ3n) is 8.22. The van der Waals surface area contributed by atoms with Crippen molar-refractivity contribution in [3.05, 3.63) is 71.0 Å². The van der Waals surface area contributed by atoms with Crippen LogP contribution in [0.25, 0.3) is 0 Å². The summed E-state index contributed by atoms with van der Waals surface area (Å²) in [6.07, 6.45) is 8.21. The highest BCUT2D eigenvalue weighted by atomic mass is 19.1. The average Bonchev–Trinajstić information content (AvgIpc) is 2.72. The summed E-state index contributed by atoms with van der Waals surface area (Å²) < 4.78 is 13.6. The van der Waals surface area contributed by atoms with Crippen LogP contribution >= 0.6 is 0 Å². The van der Waals surface area contributed by atoms with Crippen molar-refractivity contribution in [2.45, 2.75) is 51.0 Å². The first-order valence-corrected chi connectivity index (χ1v) is 11.3. The Bertz CT molecular complexity index is 914. The van der Waals surface area contributed by atoms with Crippen LogP contribution in [0.3, 0.4) is 0 Å². The summed E-state index contributed by atoms with van der Waals surface area (Å²) in [6, 6.07) is 15.2. The lowest BCUT2D eigenvalue weighted by atomic mass is 9.49. The number of hydrogen-bond acceptors (Lipinski definition) is 1. The van der Waals surface area contributed by atoms with Crippen molar-refractivity contribution < 1.29 is 9.18 Å². The molecule has 4 fully saturated rings. The fraction of sp³-hybridized carbons (Fsp3) is 0.500. The number of rotatable bonds is 2. The third-order valence-corrected chi connectivity index (χ3v) is 8.22. The van der Waals surface area contributed by atoms with Crippen LogP contribution in [0.4, 0.5) is 4.39 Å². The van der Waals surface area contributed by atoms with E-state index in [9.17, 15) is 9.18 Å². The molecule has 2 aromatic rings. The van der Waals surface area contributed by atoms with Gasteiger partial charge >= 0.3 is 0 Å². The normalized spacial score (nSPS) is 34.9. The molecule has 0 radical (unpaired) electrons. The number of halogens is 1. The maximum atomic E-state index is 14.2. The van der Waals surface area contributed by atoms with Gasteiger partial charge in [0.1, 0.15) is 5.82 Å². The van der Waals surface area contributed by atoms with Gasteiger partial charge in [0, 0.05) is 6.54 Å². The van der Waals surface area contributed by atoms with Crippen molar-refractivity contribution >= 4 is 5.91 Å². The predicted octanol–water partition coefficient (Wildman–Crippen LogP) is 5.52. The van der Waals surface area contributed by atoms with Crippen LogP contribution in [0.15, 0.2) is 48.5 Å². The summed E-state index contributed by atoms with van der Waals surface area (Å²) in [6.45, 7) is 0.764. The molecule has 4 aliphatic carbocycles. The van der Waals surface area contributed by atoms with Crippen molar-refractivity contribution in [3.8, 4) is 0 Å². The van der Waals surface area contributed by atoms with E-state index in [4.69, 9.17) is 0 Å². The van der Waals surface area contributed by atoms with Gasteiger partial charge in [-0.15, -0.1) is 0 Å². The van der Waals surface area contributed by atoms with Crippen LogP contribution in [0, 0.1) is 29.0 Å². The van der Waals surface area contributed by atoms with E-state index < -0.39 is 0 Å². The van der Waals surface area contributed by atoms with Crippen LogP contribution in [0.1, 0.15) is 61.3 Å². The van der Waals surface area contributed by atoms with Gasteiger partial charge in [-0.05, 0) is 91.5 Å². The number of benzene rings is 2. The SMILES string of the molecule is O=C(N1CCc2ccccc2[C@@H]1c1ccc(F)cc1)C12CC3CC(CC(C3)C1)C2.